The molecule has 1 fully saturated rings. The number of aryl methyl sites for hydroxylation is 1. The van der Waals surface area contributed by atoms with E-state index < -0.39 is 0 Å². The van der Waals surface area contributed by atoms with E-state index in [1.807, 2.05) is 42.2 Å². The molecule has 0 spiro atoms. The number of amides is 1. The van der Waals surface area contributed by atoms with Gasteiger partial charge in [-0.05, 0) is 43.2 Å². The highest BCUT2D eigenvalue weighted by Crippen LogP contribution is 2.26. The minimum absolute atomic E-state index is 0.0767. The first-order chi connectivity index (χ1) is 12.6. The smallest absolute Gasteiger partial charge is 0.245 e. The molecule has 1 amide bonds. The highest BCUT2D eigenvalue weighted by molar-refractivity contribution is 5.94. The second-order valence-electron chi connectivity index (χ2n) is 6.70. The Balaban J connectivity index is 1.51. The predicted molar refractivity (Wildman–Crippen MR) is 100 cm³/mol. The van der Waals surface area contributed by atoms with Gasteiger partial charge in [0.2, 0.25) is 5.91 Å². The summed E-state index contributed by atoms with van der Waals surface area (Å²) in [6.45, 7) is 3.15. The number of likely N-dealkylation sites (tertiary alicyclic amines) is 1. The number of benzene rings is 2. The Morgan fingerprint density at radius 3 is 2.77 bits per heavy atom. The van der Waals surface area contributed by atoms with Crippen LogP contribution in [0.4, 0.5) is 10.1 Å². The molecule has 5 heteroatoms. The van der Waals surface area contributed by atoms with E-state index in [0.717, 1.165) is 34.3 Å². The largest absolute Gasteiger partial charge is 0.373 e. The van der Waals surface area contributed by atoms with Crippen LogP contribution in [0.15, 0.2) is 54.6 Å². The zero-order chi connectivity index (χ0) is 18.1. The molecule has 1 atom stereocenters. The van der Waals surface area contributed by atoms with Gasteiger partial charge < -0.3 is 10.2 Å². The number of rotatable bonds is 4. The SMILES string of the molecule is Cc1cc(NC2CCN(Cc3ccc(F)cc3)C2=O)c2ccccc2n1. The van der Waals surface area contributed by atoms with E-state index in [-0.39, 0.29) is 17.8 Å². The topological polar surface area (TPSA) is 45.2 Å². The average molecular weight is 349 g/mol. The summed E-state index contributed by atoms with van der Waals surface area (Å²) in [5.41, 5.74) is 3.71. The van der Waals surface area contributed by atoms with Gasteiger partial charge in [-0.25, -0.2) is 4.39 Å². The lowest BCUT2D eigenvalue weighted by atomic mass is 10.1. The van der Waals surface area contributed by atoms with E-state index in [9.17, 15) is 9.18 Å². The van der Waals surface area contributed by atoms with Gasteiger partial charge in [0.25, 0.3) is 0 Å². The van der Waals surface area contributed by atoms with Crippen LogP contribution in [-0.4, -0.2) is 28.4 Å². The highest BCUT2D eigenvalue weighted by atomic mass is 19.1. The molecule has 1 saturated heterocycles. The Kier molecular flexibility index (Phi) is 4.29. The minimum Gasteiger partial charge on any atom is -0.373 e. The molecule has 0 aliphatic carbocycles. The number of aromatic nitrogens is 1. The van der Waals surface area contributed by atoms with Crippen molar-refractivity contribution in [1.82, 2.24) is 9.88 Å². The fourth-order valence-corrected chi connectivity index (χ4v) is 3.45. The summed E-state index contributed by atoms with van der Waals surface area (Å²) in [6.07, 6.45) is 0.746. The molecular weight excluding hydrogens is 329 g/mol. The summed E-state index contributed by atoms with van der Waals surface area (Å²) in [5, 5.41) is 4.42. The van der Waals surface area contributed by atoms with Gasteiger partial charge >= 0.3 is 0 Å². The summed E-state index contributed by atoms with van der Waals surface area (Å²) < 4.78 is 13.0. The summed E-state index contributed by atoms with van der Waals surface area (Å²) in [4.78, 5) is 19.1. The van der Waals surface area contributed by atoms with Gasteiger partial charge in [-0.1, -0.05) is 30.3 Å². The van der Waals surface area contributed by atoms with Crippen molar-refractivity contribution in [2.45, 2.75) is 25.9 Å². The third kappa shape index (κ3) is 3.25. The minimum atomic E-state index is -0.263. The van der Waals surface area contributed by atoms with Gasteiger partial charge in [-0.3, -0.25) is 9.78 Å². The molecule has 4 rings (SSSR count). The monoisotopic (exact) mass is 349 g/mol. The van der Waals surface area contributed by atoms with Crippen LogP contribution in [0, 0.1) is 12.7 Å². The third-order valence-corrected chi connectivity index (χ3v) is 4.76. The van der Waals surface area contributed by atoms with Crippen LogP contribution in [0.3, 0.4) is 0 Å². The first-order valence-corrected chi connectivity index (χ1v) is 8.76. The summed E-state index contributed by atoms with van der Waals surface area (Å²) >= 11 is 0. The van der Waals surface area contributed by atoms with Gasteiger partial charge in [0.05, 0.1) is 5.52 Å². The maximum atomic E-state index is 13.0. The predicted octanol–water partition coefficient (Wildman–Crippen LogP) is 3.90. The number of nitrogens with zero attached hydrogens (tertiary/aromatic N) is 2. The van der Waals surface area contributed by atoms with Crippen molar-refractivity contribution in [2.24, 2.45) is 0 Å². The molecule has 1 N–H and O–H groups in total. The Morgan fingerprint density at radius 1 is 1.19 bits per heavy atom. The second kappa shape index (κ2) is 6.75. The van der Waals surface area contributed by atoms with Crippen LogP contribution in [0.2, 0.25) is 0 Å². The number of fused-ring (bicyclic) bond motifs is 1. The number of hydrogen-bond donors (Lipinski definition) is 1. The molecule has 4 nitrogen and oxygen atoms in total. The Labute approximate surface area is 151 Å². The van der Waals surface area contributed by atoms with Gasteiger partial charge in [0.15, 0.2) is 0 Å². The number of carbonyl (C=O) groups excluding carboxylic acids is 1. The molecule has 2 heterocycles. The lowest BCUT2D eigenvalue weighted by Gasteiger charge is -2.18. The standard InChI is InChI=1S/C21H20FN3O/c1-14-12-20(17-4-2-3-5-18(17)23-14)24-19-10-11-25(21(19)26)13-15-6-8-16(22)9-7-15/h2-9,12,19H,10-11,13H2,1H3,(H,23,24). The number of para-hydroxylation sites is 1. The zero-order valence-electron chi connectivity index (χ0n) is 14.6. The van der Waals surface area contributed by atoms with Gasteiger partial charge in [0.1, 0.15) is 11.9 Å². The number of nitrogens with one attached hydrogen (secondary N) is 1. The molecular formula is C21H20FN3O. The van der Waals surface area contributed by atoms with Gasteiger partial charge in [0, 0.05) is 29.9 Å². The van der Waals surface area contributed by atoms with Crippen LogP contribution >= 0.6 is 0 Å². The average Bonchev–Trinajstić information content (AvgIpc) is 2.97. The normalized spacial score (nSPS) is 17.1. The maximum Gasteiger partial charge on any atom is 0.245 e. The first kappa shape index (κ1) is 16.5. The van der Waals surface area contributed by atoms with Gasteiger partial charge in [-0.15, -0.1) is 0 Å². The van der Waals surface area contributed by atoms with Crippen LogP contribution < -0.4 is 5.32 Å². The summed E-state index contributed by atoms with van der Waals surface area (Å²) in [7, 11) is 0. The van der Waals surface area contributed by atoms with E-state index in [4.69, 9.17) is 0 Å². The molecule has 26 heavy (non-hydrogen) atoms. The van der Waals surface area contributed by atoms with Crippen molar-refractivity contribution in [3.63, 3.8) is 0 Å². The molecule has 0 radical (unpaired) electrons. The van der Waals surface area contributed by atoms with Crippen molar-refractivity contribution < 1.29 is 9.18 Å². The fraction of sp³-hybridized carbons (Fsp3) is 0.238. The van der Waals surface area contributed by atoms with Crippen LogP contribution in [0.25, 0.3) is 10.9 Å². The van der Waals surface area contributed by atoms with Crippen molar-refractivity contribution in [3.8, 4) is 0 Å². The van der Waals surface area contributed by atoms with Crippen molar-refractivity contribution in [2.75, 3.05) is 11.9 Å². The molecule has 2 aromatic carbocycles. The number of hydrogen-bond acceptors (Lipinski definition) is 3. The zero-order valence-corrected chi connectivity index (χ0v) is 14.6. The lowest BCUT2D eigenvalue weighted by Crippen LogP contribution is -2.33. The summed E-state index contributed by atoms with van der Waals surface area (Å²) in [6, 6.07) is 16.0. The van der Waals surface area contributed by atoms with Gasteiger partial charge in [-0.2, -0.15) is 0 Å². The third-order valence-electron chi connectivity index (χ3n) is 4.76. The highest BCUT2D eigenvalue weighted by Gasteiger charge is 2.31. The van der Waals surface area contributed by atoms with E-state index in [1.165, 1.54) is 12.1 Å². The Bertz CT molecular complexity index is 955. The van der Waals surface area contributed by atoms with Crippen LogP contribution in [0.5, 0.6) is 0 Å². The lowest BCUT2D eigenvalue weighted by molar-refractivity contribution is -0.128. The van der Waals surface area contributed by atoms with E-state index >= 15 is 0 Å². The van der Waals surface area contributed by atoms with E-state index in [2.05, 4.69) is 10.3 Å². The second-order valence-corrected chi connectivity index (χ2v) is 6.70. The number of pyridine rings is 1. The van der Waals surface area contributed by atoms with Crippen molar-refractivity contribution in [3.05, 3.63) is 71.7 Å². The van der Waals surface area contributed by atoms with Crippen molar-refractivity contribution >= 4 is 22.5 Å². The molecule has 1 aliphatic heterocycles. The molecule has 0 saturated carbocycles. The summed E-state index contributed by atoms with van der Waals surface area (Å²) in [5.74, 6) is -0.186. The Hall–Kier alpha value is -2.95. The molecule has 1 aliphatic rings. The molecule has 0 bridgehead atoms. The fourth-order valence-electron chi connectivity index (χ4n) is 3.45. The van der Waals surface area contributed by atoms with E-state index in [1.54, 1.807) is 12.1 Å². The van der Waals surface area contributed by atoms with Crippen molar-refractivity contribution in [1.29, 1.82) is 0 Å². The van der Waals surface area contributed by atoms with Crippen LogP contribution in [0.1, 0.15) is 17.7 Å². The number of carbonyl (C=O) groups is 1. The first-order valence-electron chi connectivity index (χ1n) is 8.76. The maximum absolute atomic E-state index is 13.0. The number of halogens is 1. The van der Waals surface area contributed by atoms with Crippen LogP contribution in [-0.2, 0) is 11.3 Å². The molecule has 132 valence electrons. The van der Waals surface area contributed by atoms with E-state index in [0.29, 0.717) is 13.1 Å². The molecule has 1 unspecified atom stereocenters. The molecule has 1 aromatic heterocycles. The number of anilines is 1. The quantitative estimate of drug-likeness (QED) is 0.777. The Morgan fingerprint density at radius 2 is 1.96 bits per heavy atom. The molecule has 3 aromatic rings.